The van der Waals surface area contributed by atoms with Crippen molar-refractivity contribution in [2.24, 2.45) is 0 Å². The van der Waals surface area contributed by atoms with Crippen molar-refractivity contribution in [3.8, 4) is 6.01 Å². The Morgan fingerprint density at radius 2 is 2.12 bits per heavy atom. The van der Waals surface area contributed by atoms with Gasteiger partial charge in [-0.15, -0.1) is 11.8 Å². The van der Waals surface area contributed by atoms with Gasteiger partial charge in [0.05, 0.1) is 12.3 Å². The zero-order chi connectivity index (χ0) is 17.8. The molecule has 1 unspecified atom stereocenters. The van der Waals surface area contributed by atoms with E-state index in [9.17, 15) is 4.79 Å². The van der Waals surface area contributed by atoms with Crippen LogP contribution in [0.4, 0.5) is 0 Å². The summed E-state index contributed by atoms with van der Waals surface area (Å²) in [6.45, 7) is 1.37. The minimum atomic E-state index is -0.0480. The highest BCUT2D eigenvalue weighted by Gasteiger charge is 2.25. The van der Waals surface area contributed by atoms with Gasteiger partial charge in [0.2, 0.25) is 5.91 Å². The van der Waals surface area contributed by atoms with Crippen molar-refractivity contribution in [3.63, 3.8) is 0 Å². The van der Waals surface area contributed by atoms with Gasteiger partial charge >= 0.3 is 6.01 Å². The lowest BCUT2D eigenvalue weighted by molar-refractivity contribution is -0.131. The first-order valence-electron chi connectivity index (χ1n) is 8.70. The summed E-state index contributed by atoms with van der Waals surface area (Å²) in [6.07, 6.45) is 7.08. The van der Waals surface area contributed by atoms with E-state index in [2.05, 4.69) is 21.0 Å². The zero-order valence-electron chi connectivity index (χ0n) is 14.3. The Morgan fingerprint density at radius 3 is 3.00 bits per heavy atom. The second-order valence-corrected chi connectivity index (χ2v) is 7.26. The topological polar surface area (TPSA) is 71.1 Å². The number of piperidine rings is 1. The molecule has 0 spiro atoms. The number of thioether (sulfide) groups is 1. The molecular formula is C19H20N4O2S. The number of fused-ring (bicyclic) bond motifs is 1. The fourth-order valence-corrected chi connectivity index (χ4v) is 4.09. The molecule has 134 valence electrons. The van der Waals surface area contributed by atoms with Crippen LogP contribution in [-0.4, -0.2) is 50.7 Å². The van der Waals surface area contributed by atoms with E-state index >= 15 is 0 Å². The van der Waals surface area contributed by atoms with E-state index in [1.165, 1.54) is 0 Å². The van der Waals surface area contributed by atoms with E-state index in [0.29, 0.717) is 18.3 Å². The van der Waals surface area contributed by atoms with Gasteiger partial charge in [-0.2, -0.15) is 0 Å². The number of aromatic amines is 1. The van der Waals surface area contributed by atoms with Crippen LogP contribution in [0.25, 0.3) is 10.9 Å². The highest BCUT2D eigenvalue weighted by atomic mass is 32.2. The summed E-state index contributed by atoms with van der Waals surface area (Å²) in [4.78, 5) is 27.1. The number of likely N-dealkylation sites (tertiary alicyclic amines) is 1. The molecule has 1 aromatic carbocycles. The van der Waals surface area contributed by atoms with Crippen molar-refractivity contribution in [1.29, 1.82) is 0 Å². The van der Waals surface area contributed by atoms with Gasteiger partial charge < -0.3 is 14.6 Å². The van der Waals surface area contributed by atoms with Gasteiger partial charge in [-0.3, -0.25) is 4.79 Å². The maximum Gasteiger partial charge on any atom is 0.316 e. The Morgan fingerprint density at radius 1 is 1.27 bits per heavy atom. The van der Waals surface area contributed by atoms with Gasteiger partial charge in [0.15, 0.2) is 0 Å². The third kappa shape index (κ3) is 3.83. The number of benzene rings is 1. The number of para-hydroxylation sites is 1. The molecule has 0 aliphatic carbocycles. The lowest BCUT2D eigenvalue weighted by atomic mass is 10.1. The predicted octanol–water partition coefficient (Wildman–Crippen LogP) is 3.12. The van der Waals surface area contributed by atoms with E-state index in [0.717, 1.165) is 35.2 Å². The van der Waals surface area contributed by atoms with Crippen LogP contribution >= 0.6 is 11.8 Å². The summed E-state index contributed by atoms with van der Waals surface area (Å²) in [7, 11) is 0. The molecule has 3 aromatic rings. The van der Waals surface area contributed by atoms with Crippen LogP contribution in [-0.2, 0) is 4.79 Å². The number of aromatic nitrogens is 3. The molecule has 7 heteroatoms. The maximum absolute atomic E-state index is 12.6. The SMILES string of the molecule is O=C(CSc1c[nH]c2ccccc12)N1CCCC(Oc2ncccn2)C1. The molecule has 1 atom stereocenters. The molecular weight excluding hydrogens is 348 g/mol. The first kappa shape index (κ1) is 16.9. The number of nitrogens with one attached hydrogen (secondary N) is 1. The number of ether oxygens (including phenoxy) is 1. The van der Waals surface area contributed by atoms with E-state index in [1.807, 2.05) is 29.3 Å². The average Bonchev–Trinajstić information content (AvgIpc) is 3.10. The summed E-state index contributed by atoms with van der Waals surface area (Å²) in [5.41, 5.74) is 1.09. The molecule has 6 nitrogen and oxygen atoms in total. The quantitative estimate of drug-likeness (QED) is 0.701. The van der Waals surface area contributed by atoms with Crippen LogP contribution in [0.15, 0.2) is 53.8 Å². The molecule has 26 heavy (non-hydrogen) atoms. The molecule has 1 saturated heterocycles. The van der Waals surface area contributed by atoms with Gasteiger partial charge in [0.25, 0.3) is 0 Å². The second kappa shape index (κ2) is 7.78. The van der Waals surface area contributed by atoms with Gasteiger partial charge in [0.1, 0.15) is 6.10 Å². The number of carbonyl (C=O) groups excluding carboxylic acids is 1. The number of amides is 1. The first-order valence-corrected chi connectivity index (χ1v) is 9.68. The number of rotatable bonds is 5. The molecule has 1 aliphatic rings. The molecule has 1 amide bonds. The molecule has 1 N–H and O–H groups in total. The van der Waals surface area contributed by atoms with E-state index < -0.39 is 0 Å². The van der Waals surface area contributed by atoms with Gasteiger partial charge in [-0.1, -0.05) is 18.2 Å². The number of nitrogens with zero attached hydrogens (tertiary/aromatic N) is 3. The Kier molecular flexibility index (Phi) is 5.06. The normalized spacial score (nSPS) is 17.4. The van der Waals surface area contributed by atoms with E-state index in [1.54, 1.807) is 30.2 Å². The fraction of sp³-hybridized carbons (Fsp3) is 0.316. The van der Waals surface area contributed by atoms with Crippen molar-refractivity contribution in [3.05, 3.63) is 48.9 Å². The molecule has 3 heterocycles. The third-order valence-corrected chi connectivity index (χ3v) is 5.49. The Hall–Kier alpha value is -2.54. The number of carbonyl (C=O) groups is 1. The molecule has 2 aromatic heterocycles. The van der Waals surface area contributed by atoms with E-state index in [-0.39, 0.29) is 12.0 Å². The van der Waals surface area contributed by atoms with E-state index in [4.69, 9.17) is 4.74 Å². The van der Waals surface area contributed by atoms with Crippen LogP contribution in [0.2, 0.25) is 0 Å². The first-order chi connectivity index (χ1) is 12.8. The zero-order valence-corrected chi connectivity index (χ0v) is 15.1. The van der Waals surface area contributed by atoms with Crippen molar-refractivity contribution in [1.82, 2.24) is 19.9 Å². The van der Waals surface area contributed by atoms with Crippen molar-refractivity contribution < 1.29 is 9.53 Å². The highest BCUT2D eigenvalue weighted by molar-refractivity contribution is 8.00. The number of H-pyrrole nitrogens is 1. The minimum absolute atomic E-state index is 0.0480. The van der Waals surface area contributed by atoms with Crippen molar-refractivity contribution in [2.75, 3.05) is 18.8 Å². The maximum atomic E-state index is 12.6. The third-order valence-electron chi connectivity index (χ3n) is 4.45. The average molecular weight is 368 g/mol. The summed E-state index contributed by atoms with van der Waals surface area (Å²) in [6, 6.07) is 10.3. The molecule has 0 bridgehead atoms. The Labute approximate surface area is 156 Å². The summed E-state index contributed by atoms with van der Waals surface area (Å²) in [5.74, 6) is 0.568. The van der Waals surface area contributed by atoms with Gasteiger partial charge in [-0.05, 0) is 25.0 Å². The van der Waals surface area contributed by atoms with Gasteiger partial charge in [-0.25, -0.2) is 9.97 Å². The molecule has 1 aliphatic heterocycles. The summed E-state index contributed by atoms with van der Waals surface area (Å²) in [5, 5.41) is 1.16. The highest BCUT2D eigenvalue weighted by Crippen LogP contribution is 2.28. The number of hydrogen-bond acceptors (Lipinski definition) is 5. The molecule has 0 saturated carbocycles. The van der Waals surface area contributed by atoms with Crippen LogP contribution in [0.5, 0.6) is 6.01 Å². The summed E-state index contributed by atoms with van der Waals surface area (Å²) >= 11 is 1.58. The Bertz CT molecular complexity index is 883. The molecule has 4 rings (SSSR count). The van der Waals surface area contributed by atoms with Crippen molar-refractivity contribution >= 4 is 28.6 Å². The van der Waals surface area contributed by atoms with Crippen LogP contribution in [0.3, 0.4) is 0 Å². The van der Waals surface area contributed by atoms with Crippen molar-refractivity contribution in [2.45, 2.75) is 23.8 Å². The number of hydrogen-bond donors (Lipinski definition) is 1. The van der Waals surface area contributed by atoms with Crippen LogP contribution < -0.4 is 4.74 Å². The fourth-order valence-electron chi connectivity index (χ4n) is 3.15. The monoisotopic (exact) mass is 368 g/mol. The second-order valence-electron chi connectivity index (χ2n) is 6.24. The summed E-state index contributed by atoms with van der Waals surface area (Å²) < 4.78 is 5.82. The standard InChI is InChI=1S/C19H20N4O2S/c24-18(13-26-17-11-22-16-7-2-1-6-15(16)17)23-10-3-5-14(12-23)25-19-20-8-4-9-21-19/h1-2,4,6-9,11,14,22H,3,5,10,12-13H2. The predicted molar refractivity (Wildman–Crippen MR) is 101 cm³/mol. The lowest BCUT2D eigenvalue weighted by Gasteiger charge is -2.32. The van der Waals surface area contributed by atoms with Crippen LogP contribution in [0.1, 0.15) is 12.8 Å². The Balaban J connectivity index is 1.34. The largest absolute Gasteiger partial charge is 0.458 e. The molecule has 0 radical (unpaired) electrons. The smallest absolute Gasteiger partial charge is 0.316 e. The lowest BCUT2D eigenvalue weighted by Crippen LogP contribution is -2.45. The van der Waals surface area contributed by atoms with Crippen LogP contribution in [0, 0.1) is 0 Å². The van der Waals surface area contributed by atoms with Gasteiger partial charge in [0, 0.05) is 40.9 Å². The minimum Gasteiger partial charge on any atom is -0.458 e. The molecule has 1 fully saturated rings.